The second kappa shape index (κ2) is 4.02. The fraction of sp³-hybridized carbons (Fsp3) is 0.364. The van der Waals surface area contributed by atoms with Crippen LogP contribution in [0.5, 0.6) is 11.5 Å². The molecule has 1 aromatic carbocycles. The van der Waals surface area contributed by atoms with E-state index in [0.29, 0.717) is 24.3 Å². The average Bonchev–Trinajstić information content (AvgIpc) is 2.61. The van der Waals surface area contributed by atoms with Crippen molar-refractivity contribution in [3.63, 3.8) is 0 Å². The molecule has 5 nitrogen and oxygen atoms in total. The topological polar surface area (TPSA) is 76.0 Å². The first kappa shape index (κ1) is 10.8. The number of phenols is 1. The first-order valence-corrected chi connectivity index (χ1v) is 4.86. The third-order valence-corrected chi connectivity index (χ3v) is 2.51. The Labute approximate surface area is 92.2 Å². The van der Waals surface area contributed by atoms with E-state index in [4.69, 9.17) is 14.6 Å². The lowest BCUT2D eigenvalue weighted by atomic mass is 10.1. The van der Waals surface area contributed by atoms with Gasteiger partial charge in [-0.1, -0.05) is 0 Å². The number of benzene rings is 1. The highest BCUT2D eigenvalue weighted by atomic mass is 16.5. The van der Waals surface area contributed by atoms with Crippen LogP contribution in [0.15, 0.2) is 12.1 Å². The first-order chi connectivity index (χ1) is 7.61. The molecule has 1 aromatic rings. The van der Waals surface area contributed by atoms with Crippen LogP contribution in [-0.2, 0) is 11.2 Å². The van der Waals surface area contributed by atoms with Gasteiger partial charge in [0.15, 0.2) is 0 Å². The number of fused-ring (bicyclic) bond motifs is 1. The van der Waals surface area contributed by atoms with Gasteiger partial charge >= 0.3 is 5.97 Å². The summed E-state index contributed by atoms with van der Waals surface area (Å²) < 4.78 is 10.4. The van der Waals surface area contributed by atoms with Crippen molar-refractivity contribution in [3.8, 4) is 11.5 Å². The van der Waals surface area contributed by atoms with Gasteiger partial charge in [-0.3, -0.25) is 0 Å². The number of ether oxygens (including phenoxy) is 2. The SMILES string of the molecule is COCC1Cc2c(O)cc(C(=O)O)cc2O1. The molecule has 1 heterocycles. The summed E-state index contributed by atoms with van der Waals surface area (Å²) in [5.74, 6) is -0.690. The van der Waals surface area contributed by atoms with Crippen LogP contribution in [-0.4, -0.2) is 36.0 Å². The summed E-state index contributed by atoms with van der Waals surface area (Å²) in [5.41, 5.74) is 0.668. The summed E-state index contributed by atoms with van der Waals surface area (Å²) >= 11 is 0. The highest BCUT2D eigenvalue weighted by Crippen LogP contribution is 2.36. The van der Waals surface area contributed by atoms with E-state index in [1.807, 2.05) is 0 Å². The smallest absolute Gasteiger partial charge is 0.335 e. The van der Waals surface area contributed by atoms with Crippen LogP contribution in [0.25, 0.3) is 0 Å². The molecule has 0 saturated heterocycles. The number of methoxy groups -OCH3 is 1. The molecule has 2 rings (SSSR count). The highest BCUT2D eigenvalue weighted by molar-refractivity contribution is 5.89. The minimum absolute atomic E-state index is 0.0225. The highest BCUT2D eigenvalue weighted by Gasteiger charge is 2.27. The van der Waals surface area contributed by atoms with Gasteiger partial charge in [-0.25, -0.2) is 4.79 Å². The van der Waals surface area contributed by atoms with Gasteiger partial charge in [-0.05, 0) is 12.1 Å². The van der Waals surface area contributed by atoms with Crippen LogP contribution < -0.4 is 4.74 Å². The Morgan fingerprint density at radius 3 is 3.00 bits per heavy atom. The molecular formula is C11H12O5. The molecule has 0 amide bonds. The van der Waals surface area contributed by atoms with Crippen LogP contribution in [0.1, 0.15) is 15.9 Å². The van der Waals surface area contributed by atoms with Crippen LogP contribution in [0.4, 0.5) is 0 Å². The van der Waals surface area contributed by atoms with Crippen LogP contribution >= 0.6 is 0 Å². The number of aromatic hydroxyl groups is 1. The van der Waals surface area contributed by atoms with Gasteiger partial charge in [0.05, 0.1) is 12.2 Å². The first-order valence-electron chi connectivity index (χ1n) is 4.86. The maximum Gasteiger partial charge on any atom is 0.335 e. The van der Waals surface area contributed by atoms with Crippen molar-refractivity contribution in [1.29, 1.82) is 0 Å². The van der Waals surface area contributed by atoms with E-state index in [0.717, 1.165) is 0 Å². The Bertz CT molecular complexity index is 427. The molecule has 1 atom stereocenters. The van der Waals surface area contributed by atoms with Crippen molar-refractivity contribution in [2.75, 3.05) is 13.7 Å². The molecule has 0 spiro atoms. The van der Waals surface area contributed by atoms with E-state index in [1.54, 1.807) is 7.11 Å². The lowest BCUT2D eigenvalue weighted by Gasteiger charge is -2.08. The predicted octanol–water partition coefficient (Wildman–Crippen LogP) is 1.04. The number of hydrogen-bond donors (Lipinski definition) is 2. The van der Waals surface area contributed by atoms with Crippen molar-refractivity contribution < 1.29 is 24.5 Å². The third-order valence-electron chi connectivity index (χ3n) is 2.51. The fourth-order valence-electron chi connectivity index (χ4n) is 1.79. The van der Waals surface area contributed by atoms with Crippen molar-refractivity contribution in [3.05, 3.63) is 23.3 Å². The van der Waals surface area contributed by atoms with Gasteiger partial charge < -0.3 is 19.7 Å². The summed E-state index contributed by atoms with van der Waals surface area (Å²) in [6.45, 7) is 0.413. The zero-order valence-corrected chi connectivity index (χ0v) is 8.77. The van der Waals surface area contributed by atoms with E-state index in [9.17, 15) is 9.90 Å². The molecule has 1 unspecified atom stereocenters. The molecule has 1 aliphatic rings. The molecule has 0 fully saturated rings. The number of carbonyl (C=O) groups is 1. The van der Waals surface area contributed by atoms with E-state index in [1.165, 1.54) is 12.1 Å². The standard InChI is InChI=1S/C11H12O5/c1-15-5-7-4-8-9(12)2-6(11(13)14)3-10(8)16-7/h2-3,7,12H,4-5H2,1H3,(H,13,14). The molecule has 2 N–H and O–H groups in total. The summed E-state index contributed by atoms with van der Waals surface area (Å²) in [6, 6.07) is 2.66. The van der Waals surface area contributed by atoms with Crippen molar-refractivity contribution in [2.24, 2.45) is 0 Å². The number of hydrogen-bond acceptors (Lipinski definition) is 4. The lowest BCUT2D eigenvalue weighted by Crippen LogP contribution is -2.19. The number of carboxylic acids is 1. The van der Waals surface area contributed by atoms with E-state index < -0.39 is 5.97 Å². The molecule has 1 aliphatic heterocycles. The molecule has 0 saturated carbocycles. The lowest BCUT2D eigenvalue weighted by molar-refractivity contribution is 0.0695. The zero-order valence-electron chi connectivity index (χ0n) is 8.77. The molecular weight excluding hydrogens is 212 g/mol. The molecule has 16 heavy (non-hydrogen) atoms. The Kier molecular flexibility index (Phi) is 2.70. The van der Waals surface area contributed by atoms with Crippen LogP contribution in [0, 0.1) is 0 Å². The second-order valence-electron chi connectivity index (χ2n) is 3.68. The molecule has 0 radical (unpaired) electrons. The average molecular weight is 224 g/mol. The van der Waals surface area contributed by atoms with Gasteiger partial charge in [0.25, 0.3) is 0 Å². The Balaban J connectivity index is 2.31. The quantitative estimate of drug-likeness (QED) is 0.802. The molecule has 0 bridgehead atoms. The van der Waals surface area contributed by atoms with Gasteiger partial charge in [-0.2, -0.15) is 0 Å². The Morgan fingerprint density at radius 2 is 2.38 bits per heavy atom. The largest absolute Gasteiger partial charge is 0.508 e. The summed E-state index contributed by atoms with van der Waals surface area (Å²) in [4.78, 5) is 10.8. The molecule has 86 valence electrons. The molecule has 0 aromatic heterocycles. The second-order valence-corrected chi connectivity index (χ2v) is 3.68. The van der Waals surface area contributed by atoms with Crippen molar-refractivity contribution in [2.45, 2.75) is 12.5 Å². The normalized spacial score (nSPS) is 17.9. The van der Waals surface area contributed by atoms with Gasteiger partial charge in [-0.15, -0.1) is 0 Å². The predicted molar refractivity (Wildman–Crippen MR) is 55.1 cm³/mol. The third kappa shape index (κ3) is 1.81. The minimum atomic E-state index is -1.09. The maximum absolute atomic E-state index is 10.8. The van der Waals surface area contributed by atoms with Gasteiger partial charge in [0.2, 0.25) is 0 Å². The Morgan fingerprint density at radius 1 is 1.62 bits per heavy atom. The maximum atomic E-state index is 10.8. The van der Waals surface area contributed by atoms with E-state index >= 15 is 0 Å². The fourth-order valence-corrected chi connectivity index (χ4v) is 1.79. The number of phenolic OH excluding ortho intramolecular Hbond substituents is 1. The van der Waals surface area contributed by atoms with E-state index in [2.05, 4.69) is 0 Å². The molecule has 0 aliphatic carbocycles. The number of rotatable bonds is 3. The van der Waals surface area contributed by atoms with Gasteiger partial charge in [0, 0.05) is 19.1 Å². The zero-order chi connectivity index (χ0) is 11.7. The van der Waals surface area contributed by atoms with Crippen molar-refractivity contribution in [1.82, 2.24) is 0 Å². The molecule has 5 heteroatoms. The van der Waals surface area contributed by atoms with E-state index in [-0.39, 0.29) is 17.4 Å². The number of aromatic carboxylic acids is 1. The monoisotopic (exact) mass is 224 g/mol. The summed E-state index contributed by atoms with van der Waals surface area (Å²) in [7, 11) is 1.56. The Hall–Kier alpha value is -1.75. The van der Waals surface area contributed by atoms with Crippen molar-refractivity contribution >= 4 is 5.97 Å². The van der Waals surface area contributed by atoms with Gasteiger partial charge in [0.1, 0.15) is 17.6 Å². The van der Waals surface area contributed by atoms with Crippen LogP contribution in [0.3, 0.4) is 0 Å². The summed E-state index contributed by atoms with van der Waals surface area (Å²) in [6.07, 6.45) is 0.379. The summed E-state index contributed by atoms with van der Waals surface area (Å²) in [5, 5.41) is 18.5. The minimum Gasteiger partial charge on any atom is -0.508 e. The van der Waals surface area contributed by atoms with Crippen LogP contribution in [0.2, 0.25) is 0 Å². The number of carboxylic acid groups (broad SMARTS) is 1.